The van der Waals surface area contributed by atoms with Crippen molar-refractivity contribution in [2.45, 2.75) is 50.4 Å². The van der Waals surface area contributed by atoms with E-state index in [1.54, 1.807) is 0 Å². The van der Waals surface area contributed by atoms with Gasteiger partial charge in [-0.25, -0.2) is 0 Å². The average Bonchev–Trinajstić information content (AvgIpc) is 3.23. The molecule has 5 heteroatoms. The third-order valence-electron chi connectivity index (χ3n) is 5.50. The van der Waals surface area contributed by atoms with Crippen molar-refractivity contribution in [3.63, 3.8) is 0 Å². The molecule has 128 valence electrons. The fourth-order valence-electron chi connectivity index (χ4n) is 4.27. The molecular formula is C19H24ClN3O. The van der Waals surface area contributed by atoms with Crippen LogP contribution in [0.5, 0.6) is 0 Å². The highest BCUT2D eigenvalue weighted by Crippen LogP contribution is 2.29. The summed E-state index contributed by atoms with van der Waals surface area (Å²) in [6, 6.07) is 9.04. The number of nitrogens with one attached hydrogen (secondary N) is 1. The lowest BCUT2D eigenvalue weighted by Gasteiger charge is -2.30. The highest BCUT2D eigenvalue weighted by Gasteiger charge is 2.35. The second-order valence-electron chi connectivity index (χ2n) is 7.03. The van der Waals surface area contributed by atoms with E-state index in [-0.39, 0.29) is 6.10 Å². The number of halogens is 1. The normalized spacial score (nSPS) is 28.0. The number of benzene rings is 1. The number of pyridine rings is 1. The number of aliphatic hydroxyl groups excluding tert-OH is 1. The van der Waals surface area contributed by atoms with Crippen LogP contribution in [0.15, 0.2) is 30.5 Å². The van der Waals surface area contributed by atoms with Crippen LogP contribution >= 0.6 is 11.6 Å². The van der Waals surface area contributed by atoms with Gasteiger partial charge in [-0.3, -0.25) is 9.88 Å². The molecule has 1 unspecified atom stereocenters. The van der Waals surface area contributed by atoms with Gasteiger partial charge in [-0.15, -0.1) is 0 Å². The van der Waals surface area contributed by atoms with Gasteiger partial charge in [0.05, 0.1) is 11.6 Å². The van der Waals surface area contributed by atoms with Gasteiger partial charge in [-0.1, -0.05) is 24.1 Å². The van der Waals surface area contributed by atoms with Gasteiger partial charge < -0.3 is 10.4 Å². The maximum Gasteiger partial charge on any atom is 0.0761 e. The van der Waals surface area contributed by atoms with E-state index in [0.717, 1.165) is 42.0 Å². The van der Waals surface area contributed by atoms with E-state index in [4.69, 9.17) is 11.6 Å². The van der Waals surface area contributed by atoms with E-state index < -0.39 is 0 Å². The van der Waals surface area contributed by atoms with E-state index in [2.05, 4.69) is 21.3 Å². The minimum Gasteiger partial charge on any atom is -0.392 e. The molecule has 3 atom stereocenters. The van der Waals surface area contributed by atoms with Crippen molar-refractivity contribution >= 4 is 22.5 Å². The number of hydrogen-bond acceptors (Lipinski definition) is 4. The minimum atomic E-state index is -0.143. The Labute approximate surface area is 147 Å². The van der Waals surface area contributed by atoms with Gasteiger partial charge >= 0.3 is 0 Å². The highest BCUT2D eigenvalue weighted by atomic mass is 35.5. The Morgan fingerprint density at radius 3 is 3.00 bits per heavy atom. The fraction of sp³-hybridized carbons (Fsp3) is 0.526. The second-order valence-corrected chi connectivity index (χ2v) is 7.44. The molecule has 2 aromatic rings. The van der Waals surface area contributed by atoms with Crippen LogP contribution in [-0.4, -0.2) is 46.3 Å². The Kier molecular flexibility index (Phi) is 4.72. The van der Waals surface area contributed by atoms with Crippen LogP contribution in [0.25, 0.3) is 10.9 Å². The first kappa shape index (κ1) is 16.3. The van der Waals surface area contributed by atoms with Gasteiger partial charge in [0.2, 0.25) is 0 Å². The second kappa shape index (κ2) is 6.96. The molecule has 0 bridgehead atoms. The molecule has 1 saturated heterocycles. The van der Waals surface area contributed by atoms with Crippen molar-refractivity contribution in [3.05, 3.63) is 41.0 Å². The lowest BCUT2D eigenvalue weighted by Crippen LogP contribution is -2.46. The van der Waals surface area contributed by atoms with E-state index >= 15 is 0 Å². The Bertz CT molecular complexity index is 723. The SMILES string of the molecule is OC1CCN([C@H]2CCC[C@H]2NCc2ccc(Cl)c3cccnc23)C1. The first-order valence-electron chi connectivity index (χ1n) is 8.90. The number of hydrogen-bond donors (Lipinski definition) is 2. The molecule has 4 nitrogen and oxygen atoms in total. The quantitative estimate of drug-likeness (QED) is 0.894. The highest BCUT2D eigenvalue weighted by molar-refractivity contribution is 6.35. The zero-order valence-corrected chi connectivity index (χ0v) is 14.5. The molecule has 1 aromatic carbocycles. The summed E-state index contributed by atoms with van der Waals surface area (Å²) in [4.78, 5) is 6.99. The zero-order chi connectivity index (χ0) is 16.5. The molecule has 0 radical (unpaired) electrons. The summed E-state index contributed by atoms with van der Waals surface area (Å²) in [5.41, 5.74) is 2.19. The van der Waals surface area contributed by atoms with E-state index in [1.807, 2.05) is 24.4 Å². The number of aromatic nitrogens is 1. The zero-order valence-electron chi connectivity index (χ0n) is 13.8. The van der Waals surface area contributed by atoms with Crippen LogP contribution < -0.4 is 5.32 Å². The number of nitrogens with zero attached hydrogens (tertiary/aromatic N) is 2. The van der Waals surface area contributed by atoms with Crippen LogP contribution in [0, 0.1) is 0 Å². The Morgan fingerprint density at radius 2 is 2.17 bits per heavy atom. The molecule has 0 spiro atoms. The molecule has 1 aliphatic heterocycles. The van der Waals surface area contributed by atoms with Crippen molar-refractivity contribution in [1.82, 2.24) is 15.2 Å². The Balaban J connectivity index is 1.48. The van der Waals surface area contributed by atoms with Gasteiger partial charge in [0.1, 0.15) is 0 Å². The predicted octanol–water partition coefficient (Wildman–Crippen LogP) is 2.97. The lowest BCUT2D eigenvalue weighted by atomic mass is 10.1. The third kappa shape index (κ3) is 3.16. The smallest absolute Gasteiger partial charge is 0.0761 e. The number of fused-ring (bicyclic) bond motifs is 1. The molecule has 1 aliphatic carbocycles. The van der Waals surface area contributed by atoms with Crippen molar-refractivity contribution in [2.24, 2.45) is 0 Å². The summed E-state index contributed by atoms with van der Waals surface area (Å²) in [6.07, 6.45) is 6.28. The van der Waals surface area contributed by atoms with Crippen LogP contribution in [0.3, 0.4) is 0 Å². The molecular weight excluding hydrogens is 322 g/mol. The molecule has 24 heavy (non-hydrogen) atoms. The van der Waals surface area contributed by atoms with Gasteiger partial charge in [-0.2, -0.15) is 0 Å². The van der Waals surface area contributed by atoms with Crippen molar-refractivity contribution < 1.29 is 5.11 Å². The van der Waals surface area contributed by atoms with Gasteiger partial charge in [0.15, 0.2) is 0 Å². The summed E-state index contributed by atoms with van der Waals surface area (Å²) < 4.78 is 0. The summed E-state index contributed by atoms with van der Waals surface area (Å²) in [5, 5.41) is 15.3. The van der Waals surface area contributed by atoms with Crippen molar-refractivity contribution in [2.75, 3.05) is 13.1 Å². The predicted molar refractivity (Wildman–Crippen MR) is 97.2 cm³/mol. The Hall–Kier alpha value is -1.20. The number of β-amino-alcohol motifs (C(OH)–C–C–N with tert-alkyl or cyclic N) is 1. The van der Waals surface area contributed by atoms with Crippen LogP contribution in [-0.2, 0) is 6.54 Å². The lowest BCUT2D eigenvalue weighted by molar-refractivity contribution is 0.150. The molecule has 2 fully saturated rings. The van der Waals surface area contributed by atoms with E-state index in [0.29, 0.717) is 12.1 Å². The number of aliphatic hydroxyl groups is 1. The summed E-state index contributed by atoms with van der Waals surface area (Å²) in [5.74, 6) is 0. The maximum absolute atomic E-state index is 9.82. The third-order valence-corrected chi connectivity index (χ3v) is 5.83. The Morgan fingerprint density at radius 1 is 1.25 bits per heavy atom. The van der Waals surface area contributed by atoms with Gasteiger partial charge in [-0.05, 0) is 43.0 Å². The van der Waals surface area contributed by atoms with Crippen LogP contribution in [0.1, 0.15) is 31.2 Å². The average molecular weight is 346 g/mol. The summed E-state index contributed by atoms with van der Waals surface area (Å²) in [7, 11) is 0. The van der Waals surface area contributed by atoms with Crippen LogP contribution in [0.4, 0.5) is 0 Å². The first-order chi connectivity index (χ1) is 11.7. The maximum atomic E-state index is 9.82. The minimum absolute atomic E-state index is 0.143. The largest absolute Gasteiger partial charge is 0.392 e. The van der Waals surface area contributed by atoms with Gasteiger partial charge in [0.25, 0.3) is 0 Å². The molecule has 2 heterocycles. The van der Waals surface area contributed by atoms with E-state index in [9.17, 15) is 5.11 Å². The molecule has 2 aliphatic rings. The standard InChI is InChI=1S/C19H24ClN3O/c20-16-7-6-13(19-15(16)3-2-9-21-19)11-22-17-4-1-5-18(17)23-10-8-14(24)12-23/h2-3,6-7,9,14,17-18,22,24H,1,4-5,8,10-12H2/t14?,17-,18+/m1/s1. The fourth-order valence-corrected chi connectivity index (χ4v) is 4.48. The first-order valence-corrected chi connectivity index (χ1v) is 9.28. The summed E-state index contributed by atoms with van der Waals surface area (Å²) in [6.45, 7) is 2.66. The molecule has 4 rings (SSSR count). The van der Waals surface area contributed by atoms with Crippen molar-refractivity contribution in [1.29, 1.82) is 0 Å². The van der Waals surface area contributed by atoms with Crippen molar-refractivity contribution in [3.8, 4) is 0 Å². The topological polar surface area (TPSA) is 48.4 Å². The van der Waals surface area contributed by atoms with Crippen LogP contribution in [0.2, 0.25) is 5.02 Å². The monoisotopic (exact) mass is 345 g/mol. The number of rotatable bonds is 4. The molecule has 1 aromatic heterocycles. The molecule has 2 N–H and O–H groups in total. The number of likely N-dealkylation sites (tertiary alicyclic amines) is 1. The van der Waals surface area contributed by atoms with Gasteiger partial charge in [0, 0.05) is 48.3 Å². The van der Waals surface area contributed by atoms with E-state index in [1.165, 1.54) is 24.8 Å². The molecule has 1 saturated carbocycles. The molecule has 0 amide bonds. The summed E-state index contributed by atoms with van der Waals surface area (Å²) >= 11 is 6.29.